The van der Waals surface area contributed by atoms with Crippen LogP contribution in [0.4, 0.5) is 16.5 Å². The highest BCUT2D eigenvalue weighted by atomic mass is 32.1. The number of aryl methyl sites for hydroxylation is 2. The minimum atomic E-state index is -0.0967. The summed E-state index contributed by atoms with van der Waals surface area (Å²) < 4.78 is 5.52. The van der Waals surface area contributed by atoms with Crippen LogP contribution in [0.2, 0.25) is 0 Å². The zero-order valence-electron chi connectivity index (χ0n) is 15.2. The van der Waals surface area contributed by atoms with Crippen LogP contribution in [0.15, 0.2) is 41.8 Å². The van der Waals surface area contributed by atoms with Crippen LogP contribution in [-0.4, -0.2) is 18.0 Å². The molecule has 3 aromatic rings. The van der Waals surface area contributed by atoms with E-state index in [0.717, 1.165) is 33.5 Å². The summed E-state index contributed by atoms with van der Waals surface area (Å²) in [6.07, 6.45) is 0. The summed E-state index contributed by atoms with van der Waals surface area (Å²) in [5.41, 5.74) is 5.85. The Hall–Kier alpha value is -2.86. The van der Waals surface area contributed by atoms with Crippen molar-refractivity contribution < 1.29 is 9.53 Å². The van der Waals surface area contributed by atoms with Gasteiger partial charge in [-0.3, -0.25) is 4.79 Å². The molecular formula is C20H21N3O2S. The number of methoxy groups -OCH3 is 1. The molecule has 0 aliphatic heterocycles. The fourth-order valence-electron chi connectivity index (χ4n) is 2.62. The maximum atomic E-state index is 11.2. The van der Waals surface area contributed by atoms with E-state index in [-0.39, 0.29) is 5.91 Å². The Morgan fingerprint density at radius 3 is 2.58 bits per heavy atom. The molecule has 0 unspecified atom stereocenters. The van der Waals surface area contributed by atoms with Gasteiger partial charge in [-0.25, -0.2) is 4.98 Å². The van der Waals surface area contributed by atoms with Gasteiger partial charge < -0.3 is 15.4 Å². The van der Waals surface area contributed by atoms with Gasteiger partial charge in [0.2, 0.25) is 5.91 Å². The van der Waals surface area contributed by atoms with Crippen molar-refractivity contribution in [1.29, 1.82) is 0 Å². The number of benzene rings is 2. The number of hydrogen-bond donors (Lipinski definition) is 2. The first kappa shape index (κ1) is 17.9. The minimum absolute atomic E-state index is 0.0967. The van der Waals surface area contributed by atoms with E-state index < -0.39 is 0 Å². The molecule has 2 N–H and O–H groups in total. The SMILES string of the molecule is COc1cc(C)c(C)cc1-c1csc(Nc2cccc(NC(C)=O)c2)n1. The summed E-state index contributed by atoms with van der Waals surface area (Å²) in [7, 11) is 1.67. The van der Waals surface area contributed by atoms with Crippen molar-refractivity contribution in [3.05, 3.63) is 52.9 Å². The van der Waals surface area contributed by atoms with Crippen molar-refractivity contribution in [1.82, 2.24) is 4.98 Å². The van der Waals surface area contributed by atoms with Crippen LogP contribution >= 0.6 is 11.3 Å². The van der Waals surface area contributed by atoms with E-state index in [1.807, 2.05) is 35.7 Å². The van der Waals surface area contributed by atoms with Crippen molar-refractivity contribution in [2.75, 3.05) is 17.7 Å². The summed E-state index contributed by atoms with van der Waals surface area (Å²) in [4.78, 5) is 15.9. The van der Waals surface area contributed by atoms with Gasteiger partial charge in [-0.2, -0.15) is 0 Å². The Bertz CT molecular complexity index is 950. The second-order valence-corrected chi connectivity index (χ2v) is 6.92. The van der Waals surface area contributed by atoms with Gasteiger partial charge in [0.25, 0.3) is 0 Å². The summed E-state index contributed by atoms with van der Waals surface area (Å²) in [5, 5.41) is 8.85. The van der Waals surface area contributed by atoms with Crippen LogP contribution in [0, 0.1) is 13.8 Å². The number of thiazole rings is 1. The van der Waals surface area contributed by atoms with E-state index in [1.165, 1.54) is 29.4 Å². The number of hydrogen-bond acceptors (Lipinski definition) is 5. The van der Waals surface area contributed by atoms with Gasteiger partial charge in [0.05, 0.1) is 12.8 Å². The van der Waals surface area contributed by atoms with Gasteiger partial charge in [0.15, 0.2) is 5.13 Å². The number of nitrogens with one attached hydrogen (secondary N) is 2. The van der Waals surface area contributed by atoms with Crippen molar-refractivity contribution in [3.63, 3.8) is 0 Å². The predicted octanol–water partition coefficient (Wildman–Crippen LogP) is 5.14. The molecule has 1 amide bonds. The molecule has 1 heterocycles. The number of nitrogens with zero attached hydrogens (tertiary/aromatic N) is 1. The second kappa shape index (κ2) is 7.58. The van der Waals surface area contributed by atoms with Crippen LogP contribution in [0.25, 0.3) is 11.3 Å². The molecule has 3 rings (SSSR count). The molecule has 0 saturated heterocycles. The molecule has 0 bridgehead atoms. The normalized spacial score (nSPS) is 10.5. The fourth-order valence-corrected chi connectivity index (χ4v) is 3.35. The highest BCUT2D eigenvalue weighted by molar-refractivity contribution is 7.14. The lowest BCUT2D eigenvalue weighted by molar-refractivity contribution is -0.114. The van der Waals surface area contributed by atoms with E-state index in [9.17, 15) is 4.79 Å². The number of carbonyl (C=O) groups excluding carboxylic acids is 1. The monoisotopic (exact) mass is 367 g/mol. The zero-order chi connectivity index (χ0) is 18.7. The molecule has 0 fully saturated rings. The van der Waals surface area contributed by atoms with Crippen molar-refractivity contribution in [3.8, 4) is 17.0 Å². The van der Waals surface area contributed by atoms with E-state index in [2.05, 4.69) is 35.5 Å². The van der Waals surface area contributed by atoms with Gasteiger partial charge in [-0.05, 0) is 55.3 Å². The zero-order valence-corrected chi connectivity index (χ0v) is 16.0. The third-order valence-corrected chi connectivity index (χ3v) is 4.79. The molecule has 0 aliphatic carbocycles. The summed E-state index contributed by atoms with van der Waals surface area (Å²) in [6.45, 7) is 5.64. The van der Waals surface area contributed by atoms with E-state index in [1.54, 1.807) is 7.11 Å². The molecule has 5 nitrogen and oxygen atoms in total. The number of carbonyl (C=O) groups is 1. The predicted molar refractivity (Wildman–Crippen MR) is 108 cm³/mol. The Morgan fingerprint density at radius 2 is 1.85 bits per heavy atom. The standard InChI is InChI=1S/C20H21N3O2S/c1-12-8-17(19(25-4)9-13(12)2)18-11-26-20(23-18)22-16-7-5-6-15(10-16)21-14(3)24/h5-11H,1-4H3,(H,21,24)(H,22,23). The Morgan fingerprint density at radius 1 is 1.12 bits per heavy atom. The van der Waals surface area contributed by atoms with Crippen molar-refractivity contribution in [2.24, 2.45) is 0 Å². The molecule has 26 heavy (non-hydrogen) atoms. The number of amides is 1. The average molecular weight is 367 g/mol. The first-order valence-electron chi connectivity index (χ1n) is 8.22. The first-order chi connectivity index (χ1) is 12.5. The molecule has 0 atom stereocenters. The molecule has 0 radical (unpaired) electrons. The molecule has 2 aromatic carbocycles. The smallest absolute Gasteiger partial charge is 0.221 e. The maximum Gasteiger partial charge on any atom is 0.221 e. The minimum Gasteiger partial charge on any atom is -0.496 e. The van der Waals surface area contributed by atoms with Crippen LogP contribution in [0.5, 0.6) is 5.75 Å². The number of aromatic nitrogens is 1. The molecule has 6 heteroatoms. The van der Waals surface area contributed by atoms with Crippen LogP contribution in [0.1, 0.15) is 18.1 Å². The van der Waals surface area contributed by atoms with E-state index >= 15 is 0 Å². The van der Waals surface area contributed by atoms with Gasteiger partial charge in [-0.15, -0.1) is 11.3 Å². The largest absolute Gasteiger partial charge is 0.496 e. The van der Waals surface area contributed by atoms with Gasteiger partial charge in [0, 0.05) is 29.2 Å². The van der Waals surface area contributed by atoms with Crippen LogP contribution in [-0.2, 0) is 4.79 Å². The van der Waals surface area contributed by atoms with Crippen molar-refractivity contribution >= 4 is 33.8 Å². The maximum absolute atomic E-state index is 11.2. The average Bonchev–Trinajstić information content (AvgIpc) is 3.05. The van der Waals surface area contributed by atoms with Crippen LogP contribution in [0.3, 0.4) is 0 Å². The summed E-state index contributed by atoms with van der Waals surface area (Å²) >= 11 is 1.52. The molecule has 134 valence electrons. The first-order valence-corrected chi connectivity index (χ1v) is 9.10. The van der Waals surface area contributed by atoms with Crippen molar-refractivity contribution in [2.45, 2.75) is 20.8 Å². The lowest BCUT2D eigenvalue weighted by Gasteiger charge is -2.10. The molecule has 1 aromatic heterocycles. The Balaban J connectivity index is 1.85. The highest BCUT2D eigenvalue weighted by Crippen LogP contribution is 2.35. The summed E-state index contributed by atoms with van der Waals surface area (Å²) in [5.74, 6) is 0.720. The lowest BCUT2D eigenvalue weighted by Crippen LogP contribution is -2.05. The Kier molecular flexibility index (Phi) is 5.23. The molecule has 0 saturated carbocycles. The highest BCUT2D eigenvalue weighted by Gasteiger charge is 2.12. The molecule has 0 spiro atoms. The second-order valence-electron chi connectivity index (χ2n) is 6.06. The summed E-state index contributed by atoms with van der Waals surface area (Å²) in [6, 6.07) is 11.7. The van der Waals surface area contributed by atoms with Gasteiger partial charge in [0.1, 0.15) is 5.75 Å². The van der Waals surface area contributed by atoms with E-state index in [0.29, 0.717) is 0 Å². The Labute approximate surface area is 157 Å². The topological polar surface area (TPSA) is 63.2 Å². The third kappa shape index (κ3) is 4.03. The van der Waals surface area contributed by atoms with Crippen LogP contribution < -0.4 is 15.4 Å². The van der Waals surface area contributed by atoms with E-state index in [4.69, 9.17) is 4.74 Å². The number of ether oxygens (including phenoxy) is 1. The van der Waals surface area contributed by atoms with Gasteiger partial charge in [-0.1, -0.05) is 6.07 Å². The third-order valence-electron chi connectivity index (χ3n) is 4.03. The lowest BCUT2D eigenvalue weighted by atomic mass is 10.0. The molecular weight excluding hydrogens is 346 g/mol. The molecule has 0 aliphatic rings. The quantitative estimate of drug-likeness (QED) is 0.655. The van der Waals surface area contributed by atoms with Gasteiger partial charge >= 0.3 is 0 Å². The fraction of sp³-hybridized carbons (Fsp3) is 0.200. The number of rotatable bonds is 5. The number of anilines is 3.